The van der Waals surface area contributed by atoms with Crippen LogP contribution in [0.2, 0.25) is 0 Å². The lowest BCUT2D eigenvalue weighted by Gasteiger charge is -2.19. The van der Waals surface area contributed by atoms with Gasteiger partial charge in [-0.1, -0.05) is 54.6 Å². The van der Waals surface area contributed by atoms with Crippen molar-refractivity contribution < 1.29 is 0 Å². The zero-order valence-electron chi connectivity index (χ0n) is 9.84. The van der Waals surface area contributed by atoms with Gasteiger partial charge in [0.15, 0.2) is 0 Å². The quantitative estimate of drug-likeness (QED) is 0.831. The Morgan fingerprint density at radius 2 is 1.35 bits per heavy atom. The normalized spacial score (nSPS) is 16.8. The zero-order valence-corrected chi connectivity index (χ0v) is 9.84. The fourth-order valence-corrected chi connectivity index (χ4v) is 2.79. The molecule has 0 aromatic heterocycles. The summed E-state index contributed by atoms with van der Waals surface area (Å²) in [5.41, 5.74) is 10.6. The minimum atomic E-state index is 0.156. The summed E-state index contributed by atoms with van der Waals surface area (Å²) in [7, 11) is 0. The second kappa shape index (κ2) is 4.34. The number of fused-ring (bicyclic) bond motifs is 1. The highest BCUT2D eigenvalue weighted by Gasteiger charge is 2.26. The molecule has 2 aromatic rings. The number of hydrogen-bond donors (Lipinski definition) is 1. The van der Waals surface area contributed by atoms with Gasteiger partial charge in [-0.25, -0.2) is 0 Å². The van der Waals surface area contributed by atoms with Gasteiger partial charge in [-0.3, -0.25) is 0 Å². The third-order valence-corrected chi connectivity index (χ3v) is 3.77. The summed E-state index contributed by atoms with van der Waals surface area (Å²) < 4.78 is 0. The van der Waals surface area contributed by atoms with E-state index in [2.05, 4.69) is 48.5 Å². The van der Waals surface area contributed by atoms with Crippen molar-refractivity contribution in [2.75, 3.05) is 0 Å². The molecule has 2 N–H and O–H groups in total. The standard InChI is InChI=1S/C16H17N/c17-16(12-6-2-1-3-7-12)15-10-13-8-4-5-9-14(13)11-15/h1-9,15-16H,10-11,17H2. The Bertz CT molecular complexity index is 479. The van der Waals surface area contributed by atoms with Crippen LogP contribution in [0, 0.1) is 5.92 Å². The van der Waals surface area contributed by atoms with E-state index < -0.39 is 0 Å². The summed E-state index contributed by atoms with van der Waals surface area (Å²) in [4.78, 5) is 0. The molecule has 3 rings (SSSR count). The molecule has 1 nitrogen and oxygen atoms in total. The second-order valence-corrected chi connectivity index (χ2v) is 4.87. The van der Waals surface area contributed by atoms with Gasteiger partial charge in [-0.15, -0.1) is 0 Å². The molecule has 1 aliphatic rings. The van der Waals surface area contributed by atoms with E-state index >= 15 is 0 Å². The molecule has 0 spiro atoms. The van der Waals surface area contributed by atoms with E-state index in [1.807, 2.05) is 6.07 Å². The van der Waals surface area contributed by atoms with Gasteiger partial charge in [-0.2, -0.15) is 0 Å². The van der Waals surface area contributed by atoms with Crippen molar-refractivity contribution in [1.29, 1.82) is 0 Å². The molecule has 0 fully saturated rings. The lowest BCUT2D eigenvalue weighted by atomic mass is 9.91. The van der Waals surface area contributed by atoms with Crippen LogP contribution < -0.4 is 5.73 Å². The van der Waals surface area contributed by atoms with E-state index in [-0.39, 0.29) is 6.04 Å². The average Bonchev–Trinajstić information content (AvgIpc) is 2.82. The van der Waals surface area contributed by atoms with Crippen molar-refractivity contribution in [3.63, 3.8) is 0 Å². The van der Waals surface area contributed by atoms with Crippen molar-refractivity contribution in [1.82, 2.24) is 0 Å². The van der Waals surface area contributed by atoms with E-state index in [1.165, 1.54) is 16.7 Å². The first kappa shape index (κ1) is 10.5. The van der Waals surface area contributed by atoms with Crippen LogP contribution in [0.4, 0.5) is 0 Å². The van der Waals surface area contributed by atoms with E-state index in [4.69, 9.17) is 5.73 Å². The molecule has 1 unspecified atom stereocenters. The monoisotopic (exact) mass is 223 g/mol. The maximum absolute atomic E-state index is 6.38. The maximum Gasteiger partial charge on any atom is 0.0329 e. The molecule has 1 aliphatic carbocycles. The molecule has 0 aliphatic heterocycles. The fourth-order valence-electron chi connectivity index (χ4n) is 2.79. The Morgan fingerprint density at radius 3 is 1.94 bits per heavy atom. The van der Waals surface area contributed by atoms with Crippen LogP contribution >= 0.6 is 0 Å². The molecule has 0 saturated heterocycles. The molecule has 86 valence electrons. The van der Waals surface area contributed by atoms with Crippen molar-refractivity contribution in [2.24, 2.45) is 11.7 Å². The van der Waals surface area contributed by atoms with Gasteiger partial charge in [0.1, 0.15) is 0 Å². The van der Waals surface area contributed by atoms with Gasteiger partial charge in [0, 0.05) is 6.04 Å². The molecule has 2 aromatic carbocycles. The third-order valence-electron chi connectivity index (χ3n) is 3.77. The topological polar surface area (TPSA) is 26.0 Å². The van der Waals surface area contributed by atoms with Gasteiger partial charge >= 0.3 is 0 Å². The van der Waals surface area contributed by atoms with Gasteiger partial charge in [0.25, 0.3) is 0 Å². The van der Waals surface area contributed by atoms with Crippen molar-refractivity contribution in [3.8, 4) is 0 Å². The Labute approximate surface area is 102 Å². The molecule has 17 heavy (non-hydrogen) atoms. The molecule has 0 saturated carbocycles. The summed E-state index contributed by atoms with van der Waals surface area (Å²) in [5, 5.41) is 0. The van der Waals surface area contributed by atoms with Crippen molar-refractivity contribution >= 4 is 0 Å². The Hall–Kier alpha value is -1.60. The summed E-state index contributed by atoms with van der Waals surface area (Å²) in [6, 6.07) is 19.3. The fraction of sp³-hybridized carbons (Fsp3) is 0.250. The summed E-state index contributed by atoms with van der Waals surface area (Å²) in [6.07, 6.45) is 2.23. The maximum atomic E-state index is 6.38. The number of benzene rings is 2. The number of hydrogen-bond acceptors (Lipinski definition) is 1. The first-order chi connectivity index (χ1) is 8.34. The predicted octanol–water partition coefficient (Wildman–Crippen LogP) is 3.10. The minimum absolute atomic E-state index is 0.156. The van der Waals surface area contributed by atoms with Crippen LogP contribution in [-0.4, -0.2) is 0 Å². The van der Waals surface area contributed by atoms with Gasteiger partial charge in [-0.05, 0) is 35.4 Å². The highest BCUT2D eigenvalue weighted by Crippen LogP contribution is 2.33. The minimum Gasteiger partial charge on any atom is -0.324 e. The molecule has 0 bridgehead atoms. The van der Waals surface area contributed by atoms with Crippen LogP contribution in [0.1, 0.15) is 22.7 Å². The van der Waals surface area contributed by atoms with Crippen molar-refractivity contribution in [2.45, 2.75) is 18.9 Å². The molecule has 0 radical (unpaired) electrons. The molecular formula is C16H17N. The van der Waals surface area contributed by atoms with Crippen molar-refractivity contribution in [3.05, 3.63) is 71.3 Å². The highest BCUT2D eigenvalue weighted by molar-refractivity contribution is 5.34. The van der Waals surface area contributed by atoms with Crippen LogP contribution in [-0.2, 0) is 12.8 Å². The number of nitrogens with two attached hydrogens (primary N) is 1. The van der Waals surface area contributed by atoms with Crippen LogP contribution in [0.15, 0.2) is 54.6 Å². The highest BCUT2D eigenvalue weighted by atomic mass is 14.7. The average molecular weight is 223 g/mol. The van der Waals surface area contributed by atoms with Crippen LogP contribution in [0.25, 0.3) is 0 Å². The number of rotatable bonds is 2. The molecule has 0 heterocycles. The summed E-state index contributed by atoms with van der Waals surface area (Å²) in [5.74, 6) is 0.551. The predicted molar refractivity (Wildman–Crippen MR) is 70.7 cm³/mol. The van der Waals surface area contributed by atoms with Gasteiger partial charge in [0.2, 0.25) is 0 Å². The lowest BCUT2D eigenvalue weighted by molar-refractivity contribution is 0.454. The smallest absolute Gasteiger partial charge is 0.0329 e. The van der Waals surface area contributed by atoms with E-state index in [1.54, 1.807) is 0 Å². The van der Waals surface area contributed by atoms with Crippen LogP contribution in [0.5, 0.6) is 0 Å². The molecule has 1 atom stereocenters. The Morgan fingerprint density at radius 1 is 0.824 bits per heavy atom. The van der Waals surface area contributed by atoms with E-state index in [9.17, 15) is 0 Å². The zero-order chi connectivity index (χ0) is 11.7. The SMILES string of the molecule is NC(c1ccccc1)C1Cc2ccccc2C1. The van der Waals surface area contributed by atoms with Crippen LogP contribution in [0.3, 0.4) is 0 Å². The lowest BCUT2D eigenvalue weighted by Crippen LogP contribution is -2.21. The molecule has 0 amide bonds. The Kier molecular flexibility index (Phi) is 2.69. The van der Waals surface area contributed by atoms with E-state index in [0.717, 1.165) is 12.8 Å². The summed E-state index contributed by atoms with van der Waals surface area (Å²) in [6.45, 7) is 0. The summed E-state index contributed by atoms with van der Waals surface area (Å²) >= 11 is 0. The Balaban J connectivity index is 1.81. The first-order valence-electron chi connectivity index (χ1n) is 6.22. The molecule has 1 heteroatoms. The largest absolute Gasteiger partial charge is 0.324 e. The van der Waals surface area contributed by atoms with Gasteiger partial charge < -0.3 is 5.73 Å². The van der Waals surface area contributed by atoms with E-state index in [0.29, 0.717) is 5.92 Å². The first-order valence-corrected chi connectivity index (χ1v) is 6.22. The second-order valence-electron chi connectivity index (χ2n) is 4.87. The third kappa shape index (κ3) is 1.98. The molecular weight excluding hydrogens is 206 g/mol. The van der Waals surface area contributed by atoms with Gasteiger partial charge in [0.05, 0.1) is 0 Å².